The number of nitrogens with one attached hydrogen (secondary N) is 1. The second-order valence-electron chi connectivity index (χ2n) is 6.03. The molecule has 2 heterocycles. The second-order valence-corrected chi connectivity index (χ2v) is 6.03. The van der Waals surface area contributed by atoms with Crippen molar-refractivity contribution in [2.45, 2.75) is 45.6 Å². The molecule has 5 heteroatoms. The van der Waals surface area contributed by atoms with Crippen LogP contribution in [0.15, 0.2) is 24.5 Å². The lowest BCUT2D eigenvalue weighted by Gasteiger charge is -2.36. The monoisotopic (exact) mass is 304 g/mol. The van der Waals surface area contributed by atoms with Crippen LogP contribution in [0.25, 0.3) is 0 Å². The van der Waals surface area contributed by atoms with Crippen LogP contribution < -0.4 is 10.2 Å². The first-order chi connectivity index (χ1) is 10.7. The van der Waals surface area contributed by atoms with Crippen molar-refractivity contribution in [3.8, 4) is 0 Å². The Hall–Kier alpha value is -1.78. The van der Waals surface area contributed by atoms with Gasteiger partial charge in [0.15, 0.2) is 0 Å². The summed E-state index contributed by atoms with van der Waals surface area (Å²) in [6.45, 7) is 7.60. The third-order valence-corrected chi connectivity index (χ3v) is 4.21. The number of anilines is 1. The molecule has 2 rings (SSSR count). The smallest absolute Gasteiger partial charge is 0.317 e. The summed E-state index contributed by atoms with van der Waals surface area (Å²) in [6, 6.07) is 4.38. The molecule has 0 aromatic carbocycles. The van der Waals surface area contributed by atoms with Gasteiger partial charge in [-0.15, -0.1) is 0 Å². The van der Waals surface area contributed by atoms with E-state index in [1.807, 2.05) is 29.4 Å². The largest absolute Gasteiger partial charge is 0.368 e. The zero-order valence-corrected chi connectivity index (χ0v) is 13.8. The Labute approximate surface area is 133 Å². The Kier molecular flexibility index (Phi) is 6.49. The molecule has 1 aliphatic heterocycles. The van der Waals surface area contributed by atoms with Crippen molar-refractivity contribution in [1.29, 1.82) is 0 Å². The van der Waals surface area contributed by atoms with E-state index in [1.54, 1.807) is 0 Å². The molecule has 1 N–H and O–H groups in total. The molecule has 0 aliphatic carbocycles. The Balaban J connectivity index is 1.73. The fourth-order valence-electron chi connectivity index (χ4n) is 2.80. The Morgan fingerprint density at radius 2 is 1.91 bits per heavy atom. The molecule has 1 atom stereocenters. The number of unbranched alkanes of at least 4 members (excludes halogenated alkanes) is 2. The van der Waals surface area contributed by atoms with Gasteiger partial charge in [0.05, 0.1) is 0 Å². The highest BCUT2D eigenvalue weighted by atomic mass is 16.2. The number of carbonyl (C=O) groups is 1. The predicted molar refractivity (Wildman–Crippen MR) is 90.2 cm³/mol. The number of rotatable bonds is 6. The second kappa shape index (κ2) is 8.61. The highest BCUT2D eigenvalue weighted by Crippen LogP contribution is 2.14. The average Bonchev–Trinajstić information content (AvgIpc) is 2.56. The van der Waals surface area contributed by atoms with Crippen molar-refractivity contribution < 1.29 is 4.79 Å². The number of urea groups is 1. The van der Waals surface area contributed by atoms with E-state index in [-0.39, 0.29) is 12.1 Å². The molecule has 0 bridgehead atoms. The van der Waals surface area contributed by atoms with Crippen LogP contribution in [0.1, 0.15) is 39.5 Å². The number of nitrogens with zero attached hydrogens (tertiary/aromatic N) is 3. The Morgan fingerprint density at radius 1 is 1.23 bits per heavy atom. The van der Waals surface area contributed by atoms with Gasteiger partial charge in [0.1, 0.15) is 0 Å². The molecule has 1 aromatic heterocycles. The summed E-state index contributed by atoms with van der Waals surface area (Å²) in [5, 5.41) is 3.12. The molecule has 0 radical (unpaired) electrons. The molecule has 0 unspecified atom stereocenters. The molecule has 1 aliphatic rings. The first-order valence-corrected chi connectivity index (χ1v) is 8.41. The maximum absolute atomic E-state index is 12.3. The van der Waals surface area contributed by atoms with E-state index in [4.69, 9.17) is 0 Å². The summed E-state index contributed by atoms with van der Waals surface area (Å²) in [4.78, 5) is 20.5. The summed E-state index contributed by atoms with van der Waals surface area (Å²) < 4.78 is 0. The van der Waals surface area contributed by atoms with Gasteiger partial charge >= 0.3 is 6.03 Å². The normalized spacial score (nSPS) is 16.5. The van der Waals surface area contributed by atoms with E-state index in [1.165, 1.54) is 24.9 Å². The van der Waals surface area contributed by atoms with Gasteiger partial charge in [0, 0.05) is 50.3 Å². The third kappa shape index (κ3) is 4.90. The summed E-state index contributed by atoms with van der Waals surface area (Å²) in [5.41, 5.74) is 1.18. The maximum atomic E-state index is 12.3. The van der Waals surface area contributed by atoms with Crippen molar-refractivity contribution in [1.82, 2.24) is 15.2 Å². The van der Waals surface area contributed by atoms with Crippen LogP contribution in [0.5, 0.6) is 0 Å². The molecular formula is C17H28N4O. The van der Waals surface area contributed by atoms with Gasteiger partial charge in [-0.05, 0) is 25.5 Å². The van der Waals surface area contributed by atoms with Gasteiger partial charge in [-0.2, -0.15) is 0 Å². The lowest BCUT2D eigenvalue weighted by Crippen LogP contribution is -2.53. The molecule has 5 nitrogen and oxygen atoms in total. The quantitative estimate of drug-likeness (QED) is 0.822. The van der Waals surface area contributed by atoms with Crippen LogP contribution in [-0.4, -0.2) is 48.1 Å². The average molecular weight is 304 g/mol. The molecule has 1 aromatic rings. The fraction of sp³-hybridized carbons (Fsp3) is 0.647. The fourth-order valence-corrected chi connectivity index (χ4v) is 2.80. The molecular weight excluding hydrogens is 276 g/mol. The molecule has 1 saturated heterocycles. The number of carbonyl (C=O) groups excluding carboxylic acids is 1. The first kappa shape index (κ1) is 16.6. The third-order valence-electron chi connectivity index (χ3n) is 4.21. The van der Waals surface area contributed by atoms with E-state index in [0.717, 1.165) is 32.6 Å². The first-order valence-electron chi connectivity index (χ1n) is 8.41. The lowest BCUT2D eigenvalue weighted by molar-refractivity contribution is 0.190. The van der Waals surface area contributed by atoms with Crippen molar-refractivity contribution in [3.63, 3.8) is 0 Å². The van der Waals surface area contributed by atoms with Crippen LogP contribution >= 0.6 is 0 Å². The van der Waals surface area contributed by atoms with E-state index >= 15 is 0 Å². The molecule has 2 amide bonds. The zero-order chi connectivity index (χ0) is 15.8. The summed E-state index contributed by atoms with van der Waals surface area (Å²) in [6.07, 6.45) is 8.34. The molecule has 1 fully saturated rings. The van der Waals surface area contributed by atoms with Crippen LogP contribution in [-0.2, 0) is 0 Å². The van der Waals surface area contributed by atoms with E-state index < -0.39 is 0 Å². The van der Waals surface area contributed by atoms with Crippen LogP contribution in [0, 0.1) is 0 Å². The number of pyridine rings is 1. The highest BCUT2D eigenvalue weighted by molar-refractivity contribution is 5.74. The minimum Gasteiger partial charge on any atom is -0.368 e. The van der Waals surface area contributed by atoms with E-state index in [9.17, 15) is 4.79 Å². The number of hydrogen-bond donors (Lipinski definition) is 1. The van der Waals surface area contributed by atoms with Gasteiger partial charge in [0.25, 0.3) is 0 Å². The Bertz CT molecular complexity index is 443. The standard InChI is InChI=1S/C17H28N4O/c1-3-4-5-6-15(2)19-17(22)21-13-11-20(12-14-21)16-7-9-18-10-8-16/h7-10,15H,3-6,11-14H2,1-2H3,(H,19,22)/t15-/m1/s1. The van der Waals surface area contributed by atoms with Crippen molar-refractivity contribution in [3.05, 3.63) is 24.5 Å². The summed E-state index contributed by atoms with van der Waals surface area (Å²) in [7, 11) is 0. The number of aromatic nitrogens is 1. The number of amides is 2. The predicted octanol–water partition coefficient (Wildman–Crippen LogP) is 2.88. The SMILES string of the molecule is CCCCC[C@@H](C)NC(=O)N1CCN(c2ccncc2)CC1. The summed E-state index contributed by atoms with van der Waals surface area (Å²) in [5.74, 6) is 0. The summed E-state index contributed by atoms with van der Waals surface area (Å²) >= 11 is 0. The molecule has 0 saturated carbocycles. The minimum atomic E-state index is 0.0818. The van der Waals surface area contributed by atoms with E-state index in [0.29, 0.717) is 0 Å². The van der Waals surface area contributed by atoms with Gasteiger partial charge in [-0.3, -0.25) is 4.98 Å². The van der Waals surface area contributed by atoms with Crippen LogP contribution in [0.3, 0.4) is 0 Å². The van der Waals surface area contributed by atoms with Crippen LogP contribution in [0.4, 0.5) is 10.5 Å². The van der Waals surface area contributed by atoms with Crippen molar-refractivity contribution in [2.75, 3.05) is 31.1 Å². The number of piperazine rings is 1. The molecule has 0 spiro atoms. The van der Waals surface area contributed by atoms with Gasteiger partial charge in [-0.25, -0.2) is 4.79 Å². The minimum absolute atomic E-state index is 0.0818. The lowest BCUT2D eigenvalue weighted by atomic mass is 10.1. The van der Waals surface area contributed by atoms with Crippen molar-refractivity contribution >= 4 is 11.7 Å². The van der Waals surface area contributed by atoms with Gasteiger partial charge in [0.2, 0.25) is 0 Å². The van der Waals surface area contributed by atoms with Gasteiger partial charge < -0.3 is 15.1 Å². The van der Waals surface area contributed by atoms with Gasteiger partial charge in [-0.1, -0.05) is 26.2 Å². The Morgan fingerprint density at radius 3 is 2.55 bits per heavy atom. The van der Waals surface area contributed by atoms with Crippen molar-refractivity contribution in [2.24, 2.45) is 0 Å². The van der Waals surface area contributed by atoms with Crippen LogP contribution in [0.2, 0.25) is 0 Å². The topological polar surface area (TPSA) is 48.5 Å². The molecule has 22 heavy (non-hydrogen) atoms. The number of hydrogen-bond acceptors (Lipinski definition) is 3. The maximum Gasteiger partial charge on any atom is 0.317 e. The molecule has 122 valence electrons. The highest BCUT2D eigenvalue weighted by Gasteiger charge is 2.21. The van der Waals surface area contributed by atoms with E-state index in [2.05, 4.69) is 29.0 Å². The zero-order valence-electron chi connectivity index (χ0n) is 13.8.